The summed E-state index contributed by atoms with van der Waals surface area (Å²) in [4.78, 5) is 12.4. The predicted molar refractivity (Wildman–Crippen MR) is 107 cm³/mol. The first kappa shape index (κ1) is 24.8. The average molecular weight is 476 g/mol. The molecule has 1 amide bonds. The average Bonchev–Trinajstić information content (AvgIpc) is 2.60. The molecule has 1 aliphatic rings. The minimum atomic E-state index is -4.84. The lowest BCUT2D eigenvalue weighted by Gasteiger charge is -2.38. The van der Waals surface area contributed by atoms with E-state index in [1.807, 2.05) is 0 Å². The lowest BCUT2D eigenvalue weighted by molar-refractivity contribution is -0.274. The van der Waals surface area contributed by atoms with Crippen LogP contribution in [0.5, 0.6) is 5.75 Å². The van der Waals surface area contributed by atoms with Gasteiger partial charge >= 0.3 is 6.36 Å². The first-order chi connectivity index (χ1) is 13.6. The summed E-state index contributed by atoms with van der Waals surface area (Å²) in [5.41, 5.74) is -4.72. The minimum absolute atomic E-state index is 0.00699. The lowest BCUT2D eigenvalue weighted by Crippen LogP contribution is -2.53. The van der Waals surface area contributed by atoms with Gasteiger partial charge in [-0.2, -0.15) is 0 Å². The summed E-state index contributed by atoms with van der Waals surface area (Å²) in [7, 11) is -1.61. The van der Waals surface area contributed by atoms with E-state index in [-0.39, 0.29) is 37.4 Å². The van der Waals surface area contributed by atoms with E-state index in [9.17, 15) is 36.1 Å². The van der Waals surface area contributed by atoms with E-state index in [2.05, 4.69) is 15.9 Å². The topological polar surface area (TPSA) is 78.9 Å². The van der Waals surface area contributed by atoms with Gasteiger partial charge < -0.3 is 15.2 Å². The highest BCUT2D eigenvalue weighted by Crippen LogP contribution is 2.30. The van der Waals surface area contributed by atoms with Crippen molar-refractivity contribution in [1.29, 1.82) is 0 Å². The van der Waals surface area contributed by atoms with E-state index in [0.29, 0.717) is 0 Å². The number of carbonyl (C=O) groups is 1. The molecule has 0 bridgehead atoms. The monoisotopic (exact) mass is 476 g/mol. The van der Waals surface area contributed by atoms with Gasteiger partial charge in [-0.15, -0.1) is 13.2 Å². The van der Waals surface area contributed by atoms with Crippen LogP contribution in [0.1, 0.15) is 19.3 Å². The molecule has 2 unspecified atom stereocenters. The molecule has 1 aromatic rings. The first-order valence-electron chi connectivity index (χ1n) is 8.76. The maximum atomic E-state index is 13.0. The van der Waals surface area contributed by atoms with Crippen molar-refractivity contribution in [3.05, 3.63) is 24.3 Å². The van der Waals surface area contributed by atoms with Crippen LogP contribution < -0.4 is 10.1 Å². The van der Waals surface area contributed by atoms with Crippen LogP contribution in [0.15, 0.2) is 24.3 Å². The Kier molecular flexibility index (Phi) is 7.38. The number of benzene rings is 1. The van der Waals surface area contributed by atoms with Gasteiger partial charge in [0.15, 0.2) is 0 Å². The molecule has 13 heteroatoms. The Morgan fingerprint density at radius 3 is 2.23 bits per heavy atom. The summed E-state index contributed by atoms with van der Waals surface area (Å²) < 4.78 is 80.2. The normalized spacial score (nSPS) is 19.7. The van der Waals surface area contributed by atoms with E-state index in [1.54, 1.807) is 0 Å². The molecule has 2 N–H and O–H groups in total. The Bertz CT molecular complexity index is 848. The smallest absolute Gasteiger partial charge is 0.406 e. The first-order valence-corrected chi connectivity index (χ1v) is 11.2. The van der Waals surface area contributed by atoms with Crippen LogP contribution in [-0.2, 0) is 14.5 Å². The van der Waals surface area contributed by atoms with Crippen LogP contribution >= 0.6 is 9.24 Å². The standard InChI is InChI=1S/C17H22F5N2O4PS/c1-30(27,11-8-16(18,19)29)24-9-6-15(26,7-10-24)14(25)23-12-2-4-13(5-3-12)28-17(20,21)22/h2-5,26H,1,6-11,29H2,(H,23,25). The Balaban J connectivity index is 1.94. The molecule has 170 valence electrons. The number of alkyl halides is 5. The fraction of sp³-hybridized carbons (Fsp3) is 0.529. The van der Waals surface area contributed by atoms with Gasteiger partial charge in [-0.1, -0.05) is 9.24 Å². The van der Waals surface area contributed by atoms with Crippen molar-refractivity contribution in [3.63, 3.8) is 0 Å². The Labute approximate surface area is 173 Å². The van der Waals surface area contributed by atoms with Crippen LogP contribution in [0.3, 0.4) is 0 Å². The minimum Gasteiger partial charge on any atom is -0.406 e. The van der Waals surface area contributed by atoms with Crippen LogP contribution in [-0.4, -0.2) is 61.9 Å². The summed E-state index contributed by atoms with van der Waals surface area (Å²) >= 11 is 0. The molecule has 1 heterocycles. The van der Waals surface area contributed by atoms with Gasteiger partial charge in [-0.25, -0.2) is 13.1 Å². The van der Waals surface area contributed by atoms with Gasteiger partial charge in [0.1, 0.15) is 11.4 Å². The van der Waals surface area contributed by atoms with Crippen molar-refractivity contribution in [1.82, 2.24) is 4.31 Å². The predicted octanol–water partition coefficient (Wildman–Crippen LogP) is 2.84. The summed E-state index contributed by atoms with van der Waals surface area (Å²) in [6, 6.07) is 4.39. The number of amides is 1. The third kappa shape index (κ3) is 7.33. The molecule has 1 fully saturated rings. The number of anilines is 1. The fourth-order valence-electron chi connectivity index (χ4n) is 2.83. The van der Waals surface area contributed by atoms with E-state index in [1.165, 1.54) is 25.7 Å². The van der Waals surface area contributed by atoms with Crippen molar-refractivity contribution in [3.8, 4) is 5.75 Å². The molecule has 1 aliphatic heterocycles. The van der Waals surface area contributed by atoms with Crippen LogP contribution in [0.2, 0.25) is 0 Å². The van der Waals surface area contributed by atoms with Crippen molar-refractivity contribution in [2.45, 2.75) is 36.9 Å². The highest BCUT2D eigenvalue weighted by Gasteiger charge is 2.41. The summed E-state index contributed by atoms with van der Waals surface area (Å²) in [6.45, 7) is 0.0140. The Hall–Kier alpha value is -1.49. The number of ether oxygens (including phenoxy) is 1. The fourth-order valence-corrected chi connectivity index (χ4v) is 4.88. The zero-order valence-electron chi connectivity index (χ0n) is 15.8. The number of nitrogens with one attached hydrogen (secondary N) is 1. The molecular formula is C17H22F5N2O4PS. The second-order valence-electron chi connectivity index (χ2n) is 6.97. The number of hydrogen-bond donors (Lipinski definition) is 2. The van der Waals surface area contributed by atoms with Gasteiger partial charge in [-0.3, -0.25) is 9.00 Å². The molecule has 0 radical (unpaired) electrons. The molecule has 0 aliphatic carbocycles. The highest BCUT2D eigenvalue weighted by molar-refractivity contribution is 7.98. The number of halogens is 5. The quantitative estimate of drug-likeness (QED) is 0.361. The SMILES string of the molecule is C=S(=O)(CCC(F)(F)P)N1CCC(O)(C(=O)Nc2ccc(OC(F)(F)F)cc2)CC1. The van der Waals surface area contributed by atoms with Crippen LogP contribution in [0, 0.1) is 0 Å². The lowest BCUT2D eigenvalue weighted by atomic mass is 9.91. The van der Waals surface area contributed by atoms with E-state index in [0.717, 1.165) is 12.1 Å². The van der Waals surface area contributed by atoms with Crippen molar-refractivity contribution in [2.75, 3.05) is 24.2 Å². The third-order valence-corrected chi connectivity index (χ3v) is 6.98. The molecule has 0 aromatic heterocycles. The van der Waals surface area contributed by atoms with Gasteiger partial charge in [0.05, 0.1) is 0 Å². The molecular weight excluding hydrogens is 454 g/mol. The highest BCUT2D eigenvalue weighted by atomic mass is 32.2. The van der Waals surface area contributed by atoms with Gasteiger partial charge in [0.25, 0.3) is 11.6 Å². The van der Waals surface area contributed by atoms with Gasteiger partial charge in [-0.05, 0) is 43.0 Å². The molecule has 0 saturated carbocycles. The molecule has 1 aromatic carbocycles. The second kappa shape index (κ2) is 8.94. The zero-order valence-corrected chi connectivity index (χ0v) is 17.7. The summed E-state index contributed by atoms with van der Waals surface area (Å²) in [5, 5.41) is 13.0. The Morgan fingerprint density at radius 2 is 1.77 bits per heavy atom. The van der Waals surface area contributed by atoms with E-state index < -0.39 is 45.4 Å². The summed E-state index contributed by atoms with van der Waals surface area (Å²) in [6.07, 6.45) is -5.70. The van der Waals surface area contributed by atoms with Crippen molar-refractivity contribution < 1.29 is 40.8 Å². The van der Waals surface area contributed by atoms with Gasteiger partial charge in [0, 0.05) is 40.7 Å². The van der Waals surface area contributed by atoms with Crippen LogP contribution in [0.25, 0.3) is 0 Å². The number of nitrogens with zero attached hydrogens (tertiary/aromatic N) is 1. The van der Waals surface area contributed by atoms with E-state index in [4.69, 9.17) is 0 Å². The molecule has 2 rings (SSSR count). The van der Waals surface area contributed by atoms with Crippen molar-refractivity contribution >= 4 is 36.4 Å². The molecule has 30 heavy (non-hydrogen) atoms. The number of aliphatic hydroxyl groups is 1. The van der Waals surface area contributed by atoms with Gasteiger partial charge in [0.2, 0.25) is 0 Å². The molecule has 2 atom stereocenters. The second-order valence-corrected chi connectivity index (χ2v) is 10.3. The third-order valence-electron chi connectivity index (χ3n) is 4.54. The van der Waals surface area contributed by atoms with Crippen molar-refractivity contribution in [2.24, 2.45) is 0 Å². The summed E-state index contributed by atoms with van der Waals surface area (Å²) in [5.74, 6) is 1.95. The zero-order chi connectivity index (χ0) is 22.8. The Morgan fingerprint density at radius 1 is 1.23 bits per heavy atom. The maximum Gasteiger partial charge on any atom is 0.573 e. The number of rotatable bonds is 7. The maximum absolute atomic E-state index is 13.0. The number of carbonyl (C=O) groups excluding carboxylic acids is 1. The number of piperidine rings is 1. The van der Waals surface area contributed by atoms with E-state index >= 15 is 0 Å². The molecule has 0 spiro atoms. The largest absolute Gasteiger partial charge is 0.573 e. The molecule has 1 saturated heterocycles. The van der Waals surface area contributed by atoms with Crippen LogP contribution in [0.4, 0.5) is 27.6 Å². The molecule has 6 nitrogen and oxygen atoms in total. The number of hydrogen-bond acceptors (Lipinski definition) is 4.